The highest BCUT2D eigenvalue weighted by molar-refractivity contribution is 5.57. The van der Waals surface area contributed by atoms with E-state index in [1.807, 2.05) is 13.0 Å². The second kappa shape index (κ2) is 5.88. The van der Waals surface area contributed by atoms with Gasteiger partial charge >= 0.3 is 0 Å². The summed E-state index contributed by atoms with van der Waals surface area (Å²) in [5.74, 6) is -0.152. The van der Waals surface area contributed by atoms with Gasteiger partial charge in [-0.05, 0) is 45.5 Å². The summed E-state index contributed by atoms with van der Waals surface area (Å²) < 4.78 is 14.3. The second-order valence-electron chi connectivity index (χ2n) is 5.72. The Kier molecular flexibility index (Phi) is 4.42. The molecule has 19 heavy (non-hydrogen) atoms. The summed E-state index contributed by atoms with van der Waals surface area (Å²) in [4.78, 5) is 4.36. The molecule has 0 bridgehead atoms. The molecule has 0 spiro atoms. The van der Waals surface area contributed by atoms with Crippen LogP contribution in [0.5, 0.6) is 0 Å². The number of rotatable bonds is 4. The van der Waals surface area contributed by atoms with E-state index >= 15 is 0 Å². The van der Waals surface area contributed by atoms with E-state index in [0.29, 0.717) is 11.7 Å². The molecule has 2 atom stereocenters. The van der Waals surface area contributed by atoms with Crippen molar-refractivity contribution in [1.82, 2.24) is 4.90 Å². The lowest BCUT2D eigenvalue weighted by Crippen LogP contribution is -2.38. The summed E-state index contributed by atoms with van der Waals surface area (Å²) in [7, 11) is 4.12. The fourth-order valence-corrected chi connectivity index (χ4v) is 2.94. The lowest BCUT2D eigenvalue weighted by molar-refractivity contribution is 0.371. The molecule has 0 saturated carbocycles. The van der Waals surface area contributed by atoms with E-state index in [-0.39, 0.29) is 11.9 Å². The van der Waals surface area contributed by atoms with Crippen molar-refractivity contribution in [1.29, 1.82) is 0 Å². The first-order valence-electron chi connectivity index (χ1n) is 6.96. The predicted octanol–water partition coefficient (Wildman–Crippen LogP) is 2.38. The molecule has 4 heteroatoms. The summed E-state index contributed by atoms with van der Waals surface area (Å²) in [6.45, 7) is 3.78. The maximum absolute atomic E-state index is 14.3. The number of nitrogens with two attached hydrogens (primary N) is 1. The summed E-state index contributed by atoms with van der Waals surface area (Å²) >= 11 is 0. The van der Waals surface area contributed by atoms with Gasteiger partial charge in [-0.1, -0.05) is 12.1 Å². The first-order valence-corrected chi connectivity index (χ1v) is 6.96. The lowest BCUT2D eigenvalue weighted by Gasteiger charge is -2.31. The van der Waals surface area contributed by atoms with E-state index in [9.17, 15) is 4.39 Å². The third-order valence-corrected chi connectivity index (χ3v) is 3.75. The fraction of sp³-hybridized carbons (Fsp3) is 0.600. The highest BCUT2D eigenvalue weighted by Gasteiger charge is 2.29. The largest absolute Gasteiger partial charge is 0.365 e. The molecule has 2 rings (SSSR count). The van der Waals surface area contributed by atoms with Gasteiger partial charge in [0.2, 0.25) is 0 Å². The Hall–Kier alpha value is -1.13. The Labute approximate surface area is 115 Å². The number of para-hydroxylation sites is 1. The van der Waals surface area contributed by atoms with Crippen LogP contribution in [0.15, 0.2) is 18.2 Å². The Bertz CT molecular complexity index is 431. The van der Waals surface area contributed by atoms with Crippen LogP contribution in [0.3, 0.4) is 0 Å². The summed E-state index contributed by atoms with van der Waals surface area (Å²) in [5.41, 5.74) is 7.61. The van der Waals surface area contributed by atoms with Crippen LogP contribution in [0.25, 0.3) is 0 Å². The Morgan fingerprint density at radius 2 is 2.21 bits per heavy atom. The molecular weight excluding hydrogens is 241 g/mol. The van der Waals surface area contributed by atoms with Crippen molar-refractivity contribution in [2.75, 3.05) is 32.1 Å². The van der Waals surface area contributed by atoms with Gasteiger partial charge in [0, 0.05) is 25.2 Å². The van der Waals surface area contributed by atoms with Crippen LogP contribution in [0.2, 0.25) is 0 Å². The van der Waals surface area contributed by atoms with E-state index in [1.54, 1.807) is 6.07 Å². The normalized spacial score (nSPS) is 21.2. The summed E-state index contributed by atoms with van der Waals surface area (Å²) in [6, 6.07) is 5.45. The van der Waals surface area contributed by atoms with Gasteiger partial charge in [0.15, 0.2) is 0 Å². The standard InChI is InChI=1S/C15H24FN3/c1-11(17)13-7-4-8-14(16)15(13)19-9-5-6-12(19)10-18(2)3/h4,7-8,11-12H,5-6,9-10,17H2,1-3H3/t11-,12?/m0/s1. The predicted molar refractivity (Wildman–Crippen MR) is 77.9 cm³/mol. The molecule has 1 aromatic rings. The highest BCUT2D eigenvalue weighted by atomic mass is 19.1. The van der Waals surface area contributed by atoms with Gasteiger partial charge in [-0.25, -0.2) is 4.39 Å². The number of halogens is 1. The quantitative estimate of drug-likeness (QED) is 0.907. The monoisotopic (exact) mass is 265 g/mol. The maximum Gasteiger partial charge on any atom is 0.146 e. The van der Waals surface area contributed by atoms with E-state index in [2.05, 4.69) is 23.9 Å². The Balaban J connectivity index is 2.34. The molecule has 2 N–H and O–H groups in total. The van der Waals surface area contributed by atoms with Gasteiger partial charge in [-0.15, -0.1) is 0 Å². The molecule has 0 aromatic heterocycles. The van der Waals surface area contributed by atoms with E-state index in [0.717, 1.165) is 31.5 Å². The first-order chi connectivity index (χ1) is 9.00. The molecule has 1 aliphatic rings. The molecule has 1 aliphatic heterocycles. The van der Waals surface area contributed by atoms with Crippen molar-refractivity contribution in [3.8, 4) is 0 Å². The smallest absolute Gasteiger partial charge is 0.146 e. The zero-order valence-corrected chi connectivity index (χ0v) is 12.1. The molecule has 1 heterocycles. The SMILES string of the molecule is C[C@H](N)c1cccc(F)c1N1CCCC1CN(C)C. The first kappa shape index (κ1) is 14.3. The molecule has 3 nitrogen and oxygen atoms in total. The van der Waals surface area contributed by atoms with E-state index in [4.69, 9.17) is 5.73 Å². The van der Waals surface area contributed by atoms with Crippen LogP contribution in [-0.4, -0.2) is 38.1 Å². The minimum absolute atomic E-state index is 0.147. The number of likely N-dealkylation sites (N-methyl/N-ethyl adjacent to an activating group) is 1. The van der Waals surface area contributed by atoms with E-state index in [1.165, 1.54) is 6.07 Å². The van der Waals surface area contributed by atoms with Gasteiger partial charge in [0.25, 0.3) is 0 Å². The zero-order chi connectivity index (χ0) is 14.0. The number of anilines is 1. The average Bonchev–Trinajstić information content (AvgIpc) is 2.75. The van der Waals surface area contributed by atoms with Crippen LogP contribution in [-0.2, 0) is 0 Å². The fourth-order valence-electron chi connectivity index (χ4n) is 2.94. The van der Waals surface area contributed by atoms with Gasteiger partial charge in [0.1, 0.15) is 5.82 Å². The minimum Gasteiger partial charge on any atom is -0.365 e. The van der Waals surface area contributed by atoms with Crippen LogP contribution < -0.4 is 10.6 Å². The molecule has 1 unspecified atom stereocenters. The van der Waals surface area contributed by atoms with Crippen molar-refractivity contribution < 1.29 is 4.39 Å². The number of nitrogens with zero attached hydrogens (tertiary/aromatic N) is 2. The van der Waals surface area contributed by atoms with Gasteiger partial charge < -0.3 is 15.5 Å². The van der Waals surface area contributed by atoms with Crippen molar-refractivity contribution in [3.63, 3.8) is 0 Å². The molecule has 1 fully saturated rings. The molecule has 0 amide bonds. The number of hydrogen-bond donors (Lipinski definition) is 1. The van der Waals surface area contributed by atoms with Crippen LogP contribution in [0, 0.1) is 5.82 Å². The molecule has 1 saturated heterocycles. The Morgan fingerprint density at radius 1 is 1.47 bits per heavy atom. The molecule has 0 radical (unpaired) electrons. The van der Waals surface area contributed by atoms with Crippen LogP contribution in [0.4, 0.5) is 10.1 Å². The van der Waals surface area contributed by atoms with Crippen molar-refractivity contribution in [3.05, 3.63) is 29.6 Å². The Morgan fingerprint density at radius 3 is 2.84 bits per heavy atom. The molecule has 0 aliphatic carbocycles. The minimum atomic E-state index is -0.152. The summed E-state index contributed by atoms with van der Waals surface area (Å²) in [6.07, 6.45) is 2.23. The van der Waals surface area contributed by atoms with Crippen LogP contribution in [0.1, 0.15) is 31.4 Å². The van der Waals surface area contributed by atoms with E-state index < -0.39 is 0 Å². The summed E-state index contributed by atoms with van der Waals surface area (Å²) in [5, 5.41) is 0. The third kappa shape index (κ3) is 3.07. The number of hydrogen-bond acceptors (Lipinski definition) is 3. The van der Waals surface area contributed by atoms with Crippen molar-refractivity contribution in [2.24, 2.45) is 5.73 Å². The molecular formula is C15H24FN3. The lowest BCUT2D eigenvalue weighted by atomic mass is 10.0. The van der Waals surface area contributed by atoms with Crippen LogP contribution >= 0.6 is 0 Å². The van der Waals surface area contributed by atoms with Crippen molar-refractivity contribution in [2.45, 2.75) is 31.8 Å². The molecule has 1 aromatic carbocycles. The van der Waals surface area contributed by atoms with Gasteiger partial charge in [0.05, 0.1) is 5.69 Å². The molecule has 106 valence electrons. The van der Waals surface area contributed by atoms with Crippen molar-refractivity contribution >= 4 is 5.69 Å². The topological polar surface area (TPSA) is 32.5 Å². The maximum atomic E-state index is 14.3. The van der Waals surface area contributed by atoms with Gasteiger partial charge in [-0.2, -0.15) is 0 Å². The second-order valence-corrected chi connectivity index (χ2v) is 5.72. The zero-order valence-electron chi connectivity index (χ0n) is 12.1. The van der Waals surface area contributed by atoms with Gasteiger partial charge in [-0.3, -0.25) is 0 Å². The average molecular weight is 265 g/mol. The third-order valence-electron chi connectivity index (χ3n) is 3.75. The number of benzene rings is 1. The highest BCUT2D eigenvalue weighted by Crippen LogP contribution is 2.33.